The van der Waals surface area contributed by atoms with Crippen molar-refractivity contribution in [3.63, 3.8) is 0 Å². The number of nitrogens with one attached hydrogen (secondary N) is 2. The molecule has 0 rings (SSSR count). The summed E-state index contributed by atoms with van der Waals surface area (Å²) in [5.74, 6) is -0.467. The second kappa shape index (κ2) is 7.65. The molecule has 0 saturated heterocycles. The number of carbonyl (C=O) groups is 1. The smallest absolute Gasteiger partial charge is 0.263 e. The molecular weight excluding hydrogens is 222 g/mol. The minimum atomic E-state index is -0.574. The van der Waals surface area contributed by atoms with Crippen LogP contribution in [0.1, 0.15) is 13.8 Å². The highest BCUT2D eigenvalue weighted by atomic mass is 16.5. The lowest BCUT2D eigenvalue weighted by atomic mass is 10.1. The zero-order chi connectivity index (χ0) is 13.3. The van der Waals surface area contributed by atoms with Gasteiger partial charge in [-0.25, -0.2) is 0 Å². The van der Waals surface area contributed by atoms with Crippen LogP contribution in [0.2, 0.25) is 0 Å². The van der Waals surface area contributed by atoms with Gasteiger partial charge in [-0.05, 0) is 13.8 Å². The van der Waals surface area contributed by atoms with E-state index in [1.807, 2.05) is 0 Å². The largest absolute Gasteiger partial charge is 0.394 e. The second-order valence-corrected chi connectivity index (χ2v) is 4.10. The molecule has 0 heterocycles. The molecule has 0 aliphatic carbocycles. The van der Waals surface area contributed by atoms with E-state index in [2.05, 4.69) is 10.6 Å². The molecule has 0 aromatic heterocycles. The monoisotopic (exact) mass is 241 g/mol. The molecule has 0 aliphatic rings. The molecule has 0 bridgehead atoms. The number of aliphatic hydroxyl groups excluding tert-OH is 1. The van der Waals surface area contributed by atoms with E-state index in [0.717, 1.165) is 0 Å². The van der Waals surface area contributed by atoms with E-state index in [0.29, 0.717) is 13.2 Å². The first kappa shape index (κ1) is 15.4. The van der Waals surface area contributed by atoms with Gasteiger partial charge in [0.15, 0.2) is 0 Å². The highest BCUT2D eigenvalue weighted by molar-refractivity contribution is 5.97. The van der Waals surface area contributed by atoms with Gasteiger partial charge in [-0.2, -0.15) is 5.26 Å². The number of hydrogen-bond acceptors (Lipinski definition) is 5. The summed E-state index contributed by atoms with van der Waals surface area (Å²) in [5, 5.41) is 23.1. The van der Waals surface area contributed by atoms with Crippen LogP contribution in [-0.2, 0) is 9.53 Å². The fourth-order valence-electron chi connectivity index (χ4n) is 0.824. The number of rotatable bonds is 7. The summed E-state index contributed by atoms with van der Waals surface area (Å²) in [7, 11) is 1.53. The molecule has 96 valence electrons. The normalized spacial score (nSPS) is 11.8. The maximum Gasteiger partial charge on any atom is 0.263 e. The summed E-state index contributed by atoms with van der Waals surface area (Å²) >= 11 is 0. The topological polar surface area (TPSA) is 94.4 Å². The number of nitrogens with zero attached hydrogens (tertiary/aromatic N) is 1. The van der Waals surface area contributed by atoms with E-state index in [4.69, 9.17) is 15.1 Å². The number of carbonyl (C=O) groups excluding carboxylic acids is 1. The van der Waals surface area contributed by atoms with Gasteiger partial charge in [-0.15, -0.1) is 0 Å². The standard InChI is InChI=1S/C11H19N3O3/c1-11(2,8-15)14-7-9(6-12)10(16)13-4-5-17-3/h7,14-15H,4-5,8H2,1-3H3,(H,13,16)/b9-7-. The molecule has 0 aromatic rings. The predicted octanol–water partition coefficient (Wildman–Crippen LogP) is -0.483. The molecule has 6 nitrogen and oxygen atoms in total. The van der Waals surface area contributed by atoms with Crippen molar-refractivity contribution < 1.29 is 14.6 Å². The van der Waals surface area contributed by atoms with Crippen LogP contribution >= 0.6 is 0 Å². The first-order chi connectivity index (χ1) is 7.96. The molecule has 0 aliphatic heterocycles. The molecule has 17 heavy (non-hydrogen) atoms. The Morgan fingerprint density at radius 1 is 1.59 bits per heavy atom. The van der Waals surface area contributed by atoms with Crippen molar-refractivity contribution >= 4 is 5.91 Å². The van der Waals surface area contributed by atoms with E-state index in [1.165, 1.54) is 13.3 Å². The highest BCUT2D eigenvalue weighted by Gasteiger charge is 2.15. The van der Waals surface area contributed by atoms with E-state index >= 15 is 0 Å². The third-order valence-corrected chi connectivity index (χ3v) is 1.96. The molecule has 0 atom stereocenters. The Bertz CT molecular complexity index is 318. The van der Waals surface area contributed by atoms with Crippen molar-refractivity contribution in [2.24, 2.45) is 0 Å². The Labute approximate surface area is 101 Å². The van der Waals surface area contributed by atoms with Crippen molar-refractivity contribution in [3.8, 4) is 6.07 Å². The van der Waals surface area contributed by atoms with E-state index in [9.17, 15) is 4.79 Å². The number of amides is 1. The molecule has 0 radical (unpaired) electrons. The summed E-state index contributed by atoms with van der Waals surface area (Å²) in [6, 6.07) is 1.79. The molecule has 0 aromatic carbocycles. The van der Waals surface area contributed by atoms with Crippen LogP contribution in [0.3, 0.4) is 0 Å². The van der Waals surface area contributed by atoms with Crippen LogP contribution in [0, 0.1) is 11.3 Å². The van der Waals surface area contributed by atoms with Crippen LogP contribution in [0.15, 0.2) is 11.8 Å². The number of methoxy groups -OCH3 is 1. The van der Waals surface area contributed by atoms with Crippen molar-refractivity contribution in [2.45, 2.75) is 19.4 Å². The average molecular weight is 241 g/mol. The summed E-state index contributed by atoms with van der Waals surface area (Å²) in [6.07, 6.45) is 1.30. The van der Waals surface area contributed by atoms with Crippen LogP contribution < -0.4 is 10.6 Å². The summed E-state index contributed by atoms with van der Waals surface area (Å²) in [5.41, 5.74) is -0.614. The lowest BCUT2D eigenvalue weighted by Gasteiger charge is -2.22. The van der Waals surface area contributed by atoms with Crippen LogP contribution in [0.4, 0.5) is 0 Å². The van der Waals surface area contributed by atoms with Crippen molar-refractivity contribution in [3.05, 3.63) is 11.8 Å². The van der Waals surface area contributed by atoms with Gasteiger partial charge >= 0.3 is 0 Å². The number of ether oxygens (including phenoxy) is 1. The van der Waals surface area contributed by atoms with E-state index < -0.39 is 11.4 Å². The molecule has 0 spiro atoms. The minimum Gasteiger partial charge on any atom is -0.394 e. The van der Waals surface area contributed by atoms with E-state index in [-0.39, 0.29) is 12.2 Å². The van der Waals surface area contributed by atoms with Gasteiger partial charge in [-0.3, -0.25) is 4.79 Å². The van der Waals surface area contributed by atoms with Gasteiger partial charge in [0, 0.05) is 19.9 Å². The molecule has 6 heteroatoms. The first-order valence-corrected chi connectivity index (χ1v) is 5.23. The van der Waals surface area contributed by atoms with Crippen molar-refractivity contribution in [1.82, 2.24) is 10.6 Å². The Morgan fingerprint density at radius 2 is 2.24 bits per heavy atom. The molecular formula is C11H19N3O3. The van der Waals surface area contributed by atoms with Crippen molar-refractivity contribution in [1.29, 1.82) is 5.26 Å². The minimum absolute atomic E-state index is 0.0392. The number of hydrogen-bond donors (Lipinski definition) is 3. The molecule has 0 saturated carbocycles. The van der Waals surface area contributed by atoms with Crippen LogP contribution in [0.5, 0.6) is 0 Å². The second-order valence-electron chi connectivity index (χ2n) is 4.10. The van der Waals surface area contributed by atoms with Gasteiger partial charge in [0.2, 0.25) is 0 Å². The van der Waals surface area contributed by atoms with Crippen molar-refractivity contribution in [2.75, 3.05) is 26.9 Å². The van der Waals surface area contributed by atoms with Gasteiger partial charge < -0.3 is 20.5 Å². The lowest BCUT2D eigenvalue weighted by molar-refractivity contribution is -0.117. The molecule has 1 amide bonds. The molecule has 0 fully saturated rings. The fourth-order valence-corrected chi connectivity index (χ4v) is 0.824. The molecule has 0 unspecified atom stereocenters. The first-order valence-electron chi connectivity index (χ1n) is 5.23. The van der Waals surface area contributed by atoms with E-state index in [1.54, 1.807) is 19.9 Å². The maximum absolute atomic E-state index is 11.5. The summed E-state index contributed by atoms with van der Waals surface area (Å²) < 4.78 is 4.77. The maximum atomic E-state index is 11.5. The van der Waals surface area contributed by atoms with Crippen LogP contribution in [-0.4, -0.2) is 43.4 Å². The summed E-state index contributed by atoms with van der Waals surface area (Å²) in [4.78, 5) is 11.5. The third kappa shape index (κ3) is 6.56. The zero-order valence-corrected chi connectivity index (χ0v) is 10.4. The van der Waals surface area contributed by atoms with Crippen LogP contribution in [0.25, 0.3) is 0 Å². The lowest BCUT2D eigenvalue weighted by Crippen LogP contribution is -2.40. The average Bonchev–Trinajstić information content (AvgIpc) is 2.30. The fraction of sp³-hybridized carbons (Fsp3) is 0.636. The Morgan fingerprint density at radius 3 is 2.71 bits per heavy atom. The Hall–Kier alpha value is -1.58. The SMILES string of the molecule is COCCNC(=O)/C(C#N)=C\NC(C)(C)CO. The van der Waals surface area contributed by atoms with Gasteiger partial charge in [0.1, 0.15) is 11.6 Å². The third-order valence-electron chi connectivity index (χ3n) is 1.96. The van der Waals surface area contributed by atoms with Gasteiger partial charge in [-0.1, -0.05) is 0 Å². The quantitative estimate of drug-likeness (QED) is 0.318. The zero-order valence-electron chi connectivity index (χ0n) is 10.4. The highest BCUT2D eigenvalue weighted by Crippen LogP contribution is 2.01. The summed E-state index contributed by atoms with van der Waals surface area (Å²) in [6.45, 7) is 4.13. The van der Waals surface area contributed by atoms with Gasteiger partial charge in [0.05, 0.1) is 18.8 Å². The van der Waals surface area contributed by atoms with Gasteiger partial charge in [0.25, 0.3) is 5.91 Å². The Balaban J connectivity index is 4.37. The number of aliphatic hydroxyl groups is 1. The predicted molar refractivity (Wildman–Crippen MR) is 62.9 cm³/mol. The number of nitriles is 1. The molecule has 3 N–H and O–H groups in total. The Kier molecular flexibility index (Phi) is 6.94.